The van der Waals surface area contributed by atoms with Gasteiger partial charge in [-0.15, -0.1) is 0 Å². The van der Waals surface area contributed by atoms with Crippen LogP contribution < -0.4 is 0 Å². The molecule has 0 aliphatic heterocycles. The van der Waals surface area contributed by atoms with Crippen molar-refractivity contribution >= 4 is 11.0 Å². The van der Waals surface area contributed by atoms with Crippen LogP contribution in [-0.2, 0) is 0 Å². The molecule has 90 valence electrons. The Hall–Kier alpha value is -1.82. The summed E-state index contributed by atoms with van der Waals surface area (Å²) < 4.78 is 0. The Bertz CT molecular complexity index is 637. The van der Waals surface area contributed by atoms with E-state index in [0.717, 1.165) is 28.7 Å². The summed E-state index contributed by atoms with van der Waals surface area (Å²) in [5.74, 6) is 3.55. The highest BCUT2D eigenvalue weighted by Gasteiger charge is 2.52. The topological polar surface area (TPSA) is 52.5 Å². The molecule has 1 N–H and O–H groups in total. The van der Waals surface area contributed by atoms with E-state index in [4.69, 9.17) is 10.2 Å². The van der Waals surface area contributed by atoms with Gasteiger partial charge >= 0.3 is 0 Å². The molecular formula is C15H15N3. The number of hydrogen-bond donors (Lipinski definition) is 1. The SMILES string of the molecule is N#Cc1ccc2nc(C3C4CCCCC43)[nH]c2c1. The lowest BCUT2D eigenvalue weighted by Crippen LogP contribution is -1.91. The van der Waals surface area contributed by atoms with Gasteiger partial charge in [-0.1, -0.05) is 12.8 Å². The van der Waals surface area contributed by atoms with Gasteiger partial charge in [-0.05, 0) is 42.9 Å². The van der Waals surface area contributed by atoms with E-state index >= 15 is 0 Å². The van der Waals surface area contributed by atoms with E-state index < -0.39 is 0 Å². The zero-order chi connectivity index (χ0) is 12.1. The molecule has 3 nitrogen and oxygen atoms in total. The fourth-order valence-electron chi connectivity index (χ4n) is 3.65. The third kappa shape index (κ3) is 1.38. The first-order valence-electron chi connectivity index (χ1n) is 6.76. The van der Waals surface area contributed by atoms with Crippen molar-refractivity contribution in [2.45, 2.75) is 31.6 Å². The van der Waals surface area contributed by atoms with Gasteiger partial charge in [0, 0.05) is 5.92 Å². The second kappa shape index (κ2) is 3.58. The van der Waals surface area contributed by atoms with Crippen molar-refractivity contribution in [2.24, 2.45) is 11.8 Å². The minimum atomic E-state index is 0.658. The molecular weight excluding hydrogens is 222 g/mol. The predicted molar refractivity (Wildman–Crippen MR) is 69.0 cm³/mol. The minimum absolute atomic E-state index is 0.658. The third-order valence-electron chi connectivity index (χ3n) is 4.60. The third-order valence-corrected chi connectivity index (χ3v) is 4.60. The zero-order valence-electron chi connectivity index (χ0n) is 10.2. The number of aromatic amines is 1. The number of rotatable bonds is 1. The monoisotopic (exact) mass is 237 g/mol. The lowest BCUT2D eigenvalue weighted by atomic mass is 10.0. The molecule has 0 radical (unpaired) electrons. The van der Waals surface area contributed by atoms with E-state index in [1.807, 2.05) is 18.2 Å². The van der Waals surface area contributed by atoms with Gasteiger partial charge < -0.3 is 4.98 Å². The molecule has 0 spiro atoms. The fourth-order valence-corrected chi connectivity index (χ4v) is 3.65. The maximum absolute atomic E-state index is 8.91. The van der Waals surface area contributed by atoms with E-state index in [1.165, 1.54) is 25.7 Å². The van der Waals surface area contributed by atoms with Gasteiger partial charge in [0.05, 0.1) is 22.7 Å². The standard InChI is InChI=1S/C15H15N3/c16-8-9-5-6-12-13(7-9)18-15(17-12)14-10-3-1-2-4-11(10)14/h5-7,10-11,14H,1-4H2,(H,17,18). The van der Waals surface area contributed by atoms with E-state index in [-0.39, 0.29) is 0 Å². The number of H-pyrrole nitrogens is 1. The summed E-state index contributed by atoms with van der Waals surface area (Å²) in [7, 11) is 0. The summed E-state index contributed by atoms with van der Waals surface area (Å²) in [4.78, 5) is 8.14. The zero-order valence-corrected chi connectivity index (χ0v) is 10.2. The van der Waals surface area contributed by atoms with Gasteiger partial charge in [0.15, 0.2) is 0 Å². The molecule has 3 heteroatoms. The number of nitriles is 1. The molecule has 0 saturated heterocycles. The van der Waals surface area contributed by atoms with Crippen molar-refractivity contribution in [3.63, 3.8) is 0 Å². The first-order valence-corrected chi connectivity index (χ1v) is 6.76. The Balaban J connectivity index is 1.72. The van der Waals surface area contributed by atoms with Crippen LogP contribution >= 0.6 is 0 Å². The van der Waals surface area contributed by atoms with Gasteiger partial charge in [0.2, 0.25) is 0 Å². The largest absolute Gasteiger partial charge is 0.342 e. The summed E-state index contributed by atoms with van der Waals surface area (Å²) in [6.45, 7) is 0. The summed E-state index contributed by atoms with van der Waals surface area (Å²) >= 11 is 0. The molecule has 0 amide bonds. The highest BCUT2D eigenvalue weighted by Crippen LogP contribution is 2.60. The molecule has 2 atom stereocenters. The normalized spacial score (nSPS) is 29.8. The van der Waals surface area contributed by atoms with Crippen molar-refractivity contribution in [2.75, 3.05) is 0 Å². The van der Waals surface area contributed by atoms with Crippen LogP contribution in [0.5, 0.6) is 0 Å². The first-order chi connectivity index (χ1) is 8.86. The lowest BCUT2D eigenvalue weighted by Gasteiger charge is -2.04. The van der Waals surface area contributed by atoms with Crippen LogP contribution in [0.25, 0.3) is 11.0 Å². The molecule has 1 heterocycles. The number of fused-ring (bicyclic) bond motifs is 2. The van der Waals surface area contributed by atoms with E-state index in [9.17, 15) is 0 Å². The van der Waals surface area contributed by atoms with Crippen LogP contribution in [-0.4, -0.2) is 9.97 Å². The van der Waals surface area contributed by atoms with Crippen molar-refractivity contribution < 1.29 is 0 Å². The number of nitrogens with one attached hydrogen (secondary N) is 1. The summed E-state index contributed by atoms with van der Waals surface area (Å²) in [6.07, 6.45) is 5.51. The van der Waals surface area contributed by atoms with E-state index in [1.54, 1.807) is 0 Å². The summed E-state index contributed by atoms with van der Waals surface area (Å²) in [6, 6.07) is 7.86. The number of aromatic nitrogens is 2. The average molecular weight is 237 g/mol. The second-order valence-electron chi connectivity index (χ2n) is 5.60. The molecule has 2 fully saturated rings. The molecule has 1 aromatic heterocycles. The Morgan fingerprint density at radius 1 is 1.22 bits per heavy atom. The quantitative estimate of drug-likeness (QED) is 0.827. The molecule has 2 aromatic rings. The number of hydrogen-bond acceptors (Lipinski definition) is 2. The highest BCUT2D eigenvalue weighted by atomic mass is 14.9. The van der Waals surface area contributed by atoms with Crippen LogP contribution in [0.3, 0.4) is 0 Å². The van der Waals surface area contributed by atoms with Crippen molar-refractivity contribution in [1.29, 1.82) is 5.26 Å². The Kier molecular flexibility index (Phi) is 2.02. The van der Waals surface area contributed by atoms with Gasteiger partial charge in [0.1, 0.15) is 5.82 Å². The smallest absolute Gasteiger partial charge is 0.110 e. The first kappa shape index (κ1) is 10.1. The molecule has 0 bridgehead atoms. The maximum Gasteiger partial charge on any atom is 0.110 e. The highest BCUT2D eigenvalue weighted by molar-refractivity contribution is 5.77. The van der Waals surface area contributed by atoms with Crippen LogP contribution in [0.2, 0.25) is 0 Å². The van der Waals surface area contributed by atoms with Crippen LogP contribution in [0.4, 0.5) is 0 Å². The van der Waals surface area contributed by atoms with Crippen molar-refractivity contribution in [1.82, 2.24) is 9.97 Å². The summed E-state index contributed by atoms with van der Waals surface area (Å²) in [5.41, 5.74) is 2.70. The Labute approximate surface area is 106 Å². The number of imidazole rings is 1. The Morgan fingerprint density at radius 2 is 2.00 bits per heavy atom. The van der Waals surface area contributed by atoms with Gasteiger partial charge in [-0.3, -0.25) is 0 Å². The molecule has 2 aliphatic rings. The summed E-state index contributed by atoms with van der Waals surface area (Å²) in [5, 5.41) is 8.91. The van der Waals surface area contributed by atoms with Crippen molar-refractivity contribution in [3.8, 4) is 6.07 Å². The minimum Gasteiger partial charge on any atom is -0.342 e. The molecule has 18 heavy (non-hydrogen) atoms. The number of benzene rings is 1. The van der Waals surface area contributed by atoms with Crippen LogP contribution in [0.1, 0.15) is 43.0 Å². The van der Waals surface area contributed by atoms with Gasteiger partial charge in [-0.2, -0.15) is 5.26 Å². The Morgan fingerprint density at radius 3 is 2.72 bits per heavy atom. The number of nitrogens with zero attached hydrogens (tertiary/aromatic N) is 2. The van der Waals surface area contributed by atoms with Gasteiger partial charge in [0.25, 0.3) is 0 Å². The predicted octanol–water partition coefficient (Wildman–Crippen LogP) is 3.34. The molecule has 2 aliphatic carbocycles. The van der Waals surface area contributed by atoms with E-state index in [2.05, 4.69) is 11.1 Å². The fraction of sp³-hybridized carbons (Fsp3) is 0.467. The molecule has 4 rings (SSSR count). The molecule has 2 unspecified atom stereocenters. The second-order valence-corrected chi connectivity index (χ2v) is 5.60. The molecule has 1 aromatic carbocycles. The van der Waals surface area contributed by atoms with Crippen LogP contribution in [0, 0.1) is 23.2 Å². The maximum atomic E-state index is 8.91. The molecule has 2 saturated carbocycles. The lowest BCUT2D eigenvalue weighted by molar-refractivity contribution is 0.480. The van der Waals surface area contributed by atoms with Crippen molar-refractivity contribution in [3.05, 3.63) is 29.6 Å². The van der Waals surface area contributed by atoms with E-state index in [0.29, 0.717) is 11.5 Å². The van der Waals surface area contributed by atoms with Crippen LogP contribution in [0.15, 0.2) is 18.2 Å². The average Bonchev–Trinajstić information content (AvgIpc) is 3.00. The van der Waals surface area contributed by atoms with Gasteiger partial charge in [-0.25, -0.2) is 4.98 Å².